The number of halogens is 1. The van der Waals surface area contributed by atoms with E-state index in [1.807, 2.05) is 0 Å². The van der Waals surface area contributed by atoms with E-state index in [1.165, 1.54) is 12.4 Å². The van der Waals surface area contributed by atoms with Gasteiger partial charge in [-0.25, -0.2) is 13.6 Å². The van der Waals surface area contributed by atoms with Crippen molar-refractivity contribution in [3.63, 3.8) is 0 Å². The summed E-state index contributed by atoms with van der Waals surface area (Å²) in [5.74, 6) is 0.259. The lowest BCUT2D eigenvalue weighted by Crippen LogP contribution is -2.15. The van der Waals surface area contributed by atoms with E-state index in [-0.39, 0.29) is 16.7 Å². The van der Waals surface area contributed by atoms with E-state index in [0.29, 0.717) is 4.47 Å². The van der Waals surface area contributed by atoms with Crippen molar-refractivity contribution in [2.24, 2.45) is 5.14 Å². The van der Waals surface area contributed by atoms with Gasteiger partial charge in [-0.05, 0) is 28.8 Å². The maximum absolute atomic E-state index is 11.2. The SMILES string of the molecule is NS(=O)(=O)c1cncc(Br)c1OC1CC1. The Balaban J connectivity index is 2.47. The predicted octanol–water partition coefficient (Wildman–Crippen LogP) is 1.03. The third-order valence-corrected chi connectivity index (χ3v) is 3.40. The third kappa shape index (κ3) is 2.47. The molecule has 0 unspecified atom stereocenters. The van der Waals surface area contributed by atoms with E-state index in [0.717, 1.165) is 12.8 Å². The molecule has 0 aliphatic heterocycles. The van der Waals surface area contributed by atoms with Crippen LogP contribution in [-0.4, -0.2) is 19.5 Å². The van der Waals surface area contributed by atoms with E-state index in [2.05, 4.69) is 20.9 Å². The number of nitrogens with two attached hydrogens (primary N) is 1. The Bertz CT molecular complexity index is 485. The van der Waals surface area contributed by atoms with Crippen LogP contribution in [0.4, 0.5) is 0 Å². The van der Waals surface area contributed by atoms with Crippen LogP contribution in [0.25, 0.3) is 0 Å². The highest BCUT2D eigenvalue weighted by atomic mass is 79.9. The van der Waals surface area contributed by atoms with Crippen molar-refractivity contribution in [2.75, 3.05) is 0 Å². The monoisotopic (exact) mass is 292 g/mol. The molecule has 2 N–H and O–H groups in total. The van der Waals surface area contributed by atoms with Gasteiger partial charge in [0.05, 0.1) is 16.8 Å². The molecule has 0 bridgehead atoms. The van der Waals surface area contributed by atoms with E-state index < -0.39 is 10.0 Å². The number of aromatic nitrogens is 1. The summed E-state index contributed by atoms with van der Waals surface area (Å²) in [6.45, 7) is 0. The van der Waals surface area contributed by atoms with Crippen molar-refractivity contribution in [2.45, 2.75) is 23.8 Å². The summed E-state index contributed by atoms with van der Waals surface area (Å²) >= 11 is 3.19. The summed E-state index contributed by atoms with van der Waals surface area (Å²) < 4.78 is 28.5. The average Bonchev–Trinajstić information content (AvgIpc) is 2.90. The number of primary sulfonamides is 1. The average molecular weight is 293 g/mol. The highest BCUT2D eigenvalue weighted by Gasteiger charge is 2.28. The summed E-state index contributed by atoms with van der Waals surface area (Å²) in [4.78, 5) is 3.67. The Morgan fingerprint density at radius 2 is 2.13 bits per heavy atom. The van der Waals surface area contributed by atoms with Crippen molar-refractivity contribution < 1.29 is 13.2 Å². The molecule has 1 aromatic heterocycles. The Morgan fingerprint density at radius 3 is 2.67 bits per heavy atom. The lowest BCUT2D eigenvalue weighted by Gasteiger charge is -2.10. The molecule has 1 heterocycles. The van der Waals surface area contributed by atoms with Gasteiger partial charge in [0.25, 0.3) is 0 Å². The van der Waals surface area contributed by atoms with Gasteiger partial charge in [0.1, 0.15) is 4.90 Å². The summed E-state index contributed by atoms with van der Waals surface area (Å²) in [5.41, 5.74) is 0. The standard InChI is InChI=1S/C8H9BrN2O3S/c9-6-3-11-4-7(15(10,12)13)8(6)14-5-1-2-5/h3-5H,1-2H2,(H2,10,12,13). The number of rotatable bonds is 3. The van der Waals surface area contributed by atoms with Gasteiger partial charge in [-0.1, -0.05) is 0 Å². The van der Waals surface area contributed by atoms with Gasteiger partial charge in [0.2, 0.25) is 10.0 Å². The van der Waals surface area contributed by atoms with Crippen molar-refractivity contribution in [3.8, 4) is 5.75 Å². The first-order valence-corrected chi connectivity index (χ1v) is 6.65. The molecular formula is C8H9BrN2O3S. The van der Waals surface area contributed by atoms with Gasteiger partial charge in [0, 0.05) is 6.20 Å². The third-order valence-electron chi connectivity index (χ3n) is 1.94. The molecule has 1 aliphatic carbocycles. The highest BCUT2D eigenvalue weighted by molar-refractivity contribution is 9.10. The molecule has 0 saturated heterocycles. The van der Waals surface area contributed by atoms with E-state index in [1.54, 1.807) is 0 Å². The summed E-state index contributed by atoms with van der Waals surface area (Å²) in [6, 6.07) is 0. The molecule has 0 amide bonds. The van der Waals surface area contributed by atoms with Gasteiger partial charge in [-0.2, -0.15) is 0 Å². The fraction of sp³-hybridized carbons (Fsp3) is 0.375. The van der Waals surface area contributed by atoms with Crippen molar-refractivity contribution >= 4 is 26.0 Å². The molecule has 0 aromatic carbocycles. The predicted molar refractivity (Wildman–Crippen MR) is 57.0 cm³/mol. The van der Waals surface area contributed by atoms with Gasteiger partial charge < -0.3 is 4.74 Å². The zero-order valence-electron chi connectivity index (χ0n) is 7.68. The molecule has 15 heavy (non-hydrogen) atoms. The quantitative estimate of drug-likeness (QED) is 0.902. The summed E-state index contributed by atoms with van der Waals surface area (Å²) in [7, 11) is -3.79. The van der Waals surface area contributed by atoms with Crippen molar-refractivity contribution in [3.05, 3.63) is 16.9 Å². The number of pyridine rings is 1. The Labute approximate surface area is 95.8 Å². The molecule has 1 aliphatic rings. The normalized spacial score (nSPS) is 16.4. The molecule has 5 nitrogen and oxygen atoms in total. The van der Waals surface area contributed by atoms with Crippen LogP contribution in [0, 0.1) is 0 Å². The zero-order valence-corrected chi connectivity index (χ0v) is 10.1. The Morgan fingerprint density at radius 1 is 1.47 bits per heavy atom. The van der Waals surface area contributed by atoms with E-state index in [9.17, 15) is 8.42 Å². The van der Waals surface area contributed by atoms with Gasteiger partial charge in [-0.15, -0.1) is 0 Å². The highest BCUT2D eigenvalue weighted by Crippen LogP contribution is 2.35. The number of ether oxygens (including phenoxy) is 1. The van der Waals surface area contributed by atoms with E-state index >= 15 is 0 Å². The van der Waals surface area contributed by atoms with Gasteiger partial charge >= 0.3 is 0 Å². The zero-order chi connectivity index (χ0) is 11.1. The smallest absolute Gasteiger partial charge is 0.243 e. The first-order valence-electron chi connectivity index (χ1n) is 4.31. The lowest BCUT2D eigenvalue weighted by atomic mass is 10.4. The second kappa shape index (κ2) is 3.73. The minimum Gasteiger partial charge on any atom is -0.488 e. The molecule has 7 heteroatoms. The molecule has 0 atom stereocenters. The molecule has 2 rings (SSSR count). The fourth-order valence-corrected chi connectivity index (χ4v) is 2.26. The fourth-order valence-electron chi connectivity index (χ4n) is 1.07. The van der Waals surface area contributed by atoms with Crippen LogP contribution in [0.5, 0.6) is 5.75 Å². The molecule has 1 fully saturated rings. The van der Waals surface area contributed by atoms with Crippen LogP contribution in [0.3, 0.4) is 0 Å². The number of hydrogen-bond acceptors (Lipinski definition) is 4. The molecular weight excluding hydrogens is 284 g/mol. The molecule has 1 saturated carbocycles. The van der Waals surface area contributed by atoms with Gasteiger partial charge in [0.15, 0.2) is 5.75 Å². The number of sulfonamides is 1. The van der Waals surface area contributed by atoms with Crippen molar-refractivity contribution in [1.82, 2.24) is 4.98 Å². The molecule has 0 radical (unpaired) electrons. The molecule has 1 aromatic rings. The van der Waals surface area contributed by atoms with Crippen LogP contribution in [0.2, 0.25) is 0 Å². The largest absolute Gasteiger partial charge is 0.488 e. The first-order chi connectivity index (χ1) is 6.98. The van der Waals surface area contributed by atoms with Gasteiger partial charge in [-0.3, -0.25) is 4.98 Å². The first kappa shape index (κ1) is 10.8. The Kier molecular flexibility index (Phi) is 2.70. The molecule has 82 valence electrons. The van der Waals surface area contributed by atoms with Crippen LogP contribution in [0.15, 0.2) is 21.8 Å². The van der Waals surface area contributed by atoms with Crippen molar-refractivity contribution in [1.29, 1.82) is 0 Å². The van der Waals surface area contributed by atoms with Crippen LogP contribution < -0.4 is 9.88 Å². The van der Waals surface area contributed by atoms with Crippen LogP contribution >= 0.6 is 15.9 Å². The second-order valence-electron chi connectivity index (χ2n) is 3.31. The molecule has 0 spiro atoms. The maximum atomic E-state index is 11.2. The second-order valence-corrected chi connectivity index (χ2v) is 5.69. The van der Waals surface area contributed by atoms with E-state index in [4.69, 9.17) is 9.88 Å². The summed E-state index contributed by atoms with van der Waals surface area (Å²) in [5, 5.41) is 5.05. The lowest BCUT2D eigenvalue weighted by molar-refractivity contribution is 0.292. The minimum atomic E-state index is -3.79. The van der Waals surface area contributed by atoms with Crippen LogP contribution in [0.1, 0.15) is 12.8 Å². The number of hydrogen-bond donors (Lipinski definition) is 1. The Hall–Kier alpha value is -0.660. The minimum absolute atomic E-state index is 0.0798. The summed E-state index contributed by atoms with van der Waals surface area (Å²) in [6.07, 6.45) is 4.66. The maximum Gasteiger partial charge on any atom is 0.243 e. The number of nitrogens with zero attached hydrogens (tertiary/aromatic N) is 1. The van der Waals surface area contributed by atoms with Crippen LogP contribution in [-0.2, 0) is 10.0 Å². The topological polar surface area (TPSA) is 82.3 Å².